The van der Waals surface area contributed by atoms with E-state index in [1.807, 2.05) is 17.9 Å². The molecule has 0 unspecified atom stereocenters. The lowest BCUT2D eigenvalue weighted by molar-refractivity contribution is 0.0820. The molecule has 1 aliphatic heterocycles. The van der Waals surface area contributed by atoms with Gasteiger partial charge >= 0.3 is 0 Å². The van der Waals surface area contributed by atoms with Crippen molar-refractivity contribution in [3.63, 3.8) is 0 Å². The number of anilines is 2. The number of Topliss-reactive ketones (excluding diaryl/α,β-unsaturated/α-hetero) is 1. The highest BCUT2D eigenvalue weighted by Gasteiger charge is 2.29. The Labute approximate surface area is 269 Å². The van der Waals surface area contributed by atoms with Crippen molar-refractivity contribution in [2.45, 2.75) is 19.8 Å². The number of alkyl halides is 2. The van der Waals surface area contributed by atoms with E-state index in [0.717, 1.165) is 17.4 Å². The van der Waals surface area contributed by atoms with Crippen LogP contribution in [-0.4, -0.2) is 73.8 Å². The minimum Gasteiger partial charge on any atom is -0.485 e. The van der Waals surface area contributed by atoms with Gasteiger partial charge in [-0.15, -0.1) is 0 Å². The Morgan fingerprint density at radius 1 is 1.02 bits per heavy atom. The number of aryl methyl sites for hydroxylation is 1. The summed E-state index contributed by atoms with van der Waals surface area (Å²) in [5, 5.41) is 4.37. The van der Waals surface area contributed by atoms with Crippen molar-refractivity contribution in [2.24, 2.45) is 0 Å². The number of carbonyl (C=O) groups excluding carboxylic acids is 1. The summed E-state index contributed by atoms with van der Waals surface area (Å²) in [7, 11) is -3.36. The molecule has 0 atom stereocenters. The maximum Gasteiger partial charge on any atom is 0.272 e. The molecule has 1 saturated heterocycles. The summed E-state index contributed by atoms with van der Waals surface area (Å²) in [4.78, 5) is 15.6. The fourth-order valence-electron chi connectivity index (χ4n) is 5.76. The number of aromatic nitrogens is 2. The minimum atomic E-state index is -3.36. The number of carbonyl (C=O) groups is 1. The smallest absolute Gasteiger partial charge is 0.272 e. The quantitative estimate of drug-likeness (QED) is 0.228. The number of rotatable bonds is 10. The molecule has 2 heterocycles. The molecule has 47 heavy (non-hydrogen) atoms. The number of ether oxygens (including phenoxy) is 2. The normalized spacial score (nSPS) is 15.1. The fourth-order valence-corrected chi connectivity index (χ4v) is 6.59. The number of halogens is 3. The molecule has 10 nitrogen and oxygen atoms in total. The second-order valence-corrected chi connectivity index (χ2v) is 13.4. The van der Waals surface area contributed by atoms with E-state index in [-0.39, 0.29) is 48.2 Å². The number of nitrogens with zero attached hydrogens (tertiary/aromatic N) is 4. The number of piperazine rings is 1. The van der Waals surface area contributed by atoms with E-state index in [4.69, 9.17) is 15.2 Å². The van der Waals surface area contributed by atoms with E-state index in [1.54, 1.807) is 42.5 Å². The molecular weight excluding hydrogens is 635 g/mol. The lowest BCUT2D eigenvalue weighted by atomic mass is 10.0. The summed E-state index contributed by atoms with van der Waals surface area (Å²) in [5.74, 6) is 0.0420. The van der Waals surface area contributed by atoms with E-state index < -0.39 is 28.9 Å². The van der Waals surface area contributed by atoms with Crippen molar-refractivity contribution < 1.29 is 35.9 Å². The predicted molar refractivity (Wildman–Crippen MR) is 172 cm³/mol. The first-order valence-corrected chi connectivity index (χ1v) is 16.6. The van der Waals surface area contributed by atoms with Gasteiger partial charge in [-0.05, 0) is 72.2 Å². The third-order valence-electron chi connectivity index (χ3n) is 8.15. The van der Waals surface area contributed by atoms with Gasteiger partial charge in [0.1, 0.15) is 23.9 Å². The summed E-state index contributed by atoms with van der Waals surface area (Å²) in [6, 6.07) is 14.6. The van der Waals surface area contributed by atoms with Crippen LogP contribution in [0.4, 0.5) is 24.7 Å². The molecule has 14 heteroatoms. The third-order valence-corrected chi connectivity index (χ3v) is 9.45. The second kappa shape index (κ2) is 12.8. The first kappa shape index (κ1) is 32.1. The van der Waals surface area contributed by atoms with Crippen LogP contribution >= 0.6 is 0 Å². The van der Waals surface area contributed by atoms with Gasteiger partial charge in [0.05, 0.1) is 29.4 Å². The molecule has 0 amide bonds. The average molecular weight is 668 g/mol. The Kier molecular flexibility index (Phi) is 8.72. The zero-order valence-electron chi connectivity index (χ0n) is 25.6. The second-order valence-electron chi connectivity index (χ2n) is 11.4. The van der Waals surface area contributed by atoms with Gasteiger partial charge < -0.3 is 20.1 Å². The van der Waals surface area contributed by atoms with Crippen molar-refractivity contribution in [1.29, 1.82) is 0 Å². The standard InChI is InChI=1S/C33H32F3N5O5S/c1-20-13-24(46-29-6-4-3-5-26(29)34)7-8-27(20)41-33(37)25(18-38-41)32(42)23-14-21-16-28(30(17-22(21)15-23)45-19-31(35)36)39-9-11-40(12-10-39)47(2,43)44/h3-8,13,15-18,31H,9-12,14,19,37H2,1-2H3. The van der Waals surface area contributed by atoms with Gasteiger partial charge in [0.15, 0.2) is 17.3 Å². The SMILES string of the molecule is Cc1cc(Oc2ccccc2F)ccc1-n1ncc(C(=O)C2=Cc3cc(OCC(F)F)c(N4CCN(S(C)(=O)=O)CC4)cc3C2)c1N. The van der Waals surface area contributed by atoms with Crippen LogP contribution in [0.15, 0.2) is 66.4 Å². The molecule has 1 fully saturated rings. The Morgan fingerprint density at radius 2 is 1.77 bits per heavy atom. The molecule has 3 aromatic carbocycles. The summed E-state index contributed by atoms with van der Waals surface area (Å²) >= 11 is 0. The van der Waals surface area contributed by atoms with Crippen LogP contribution in [0, 0.1) is 12.7 Å². The number of para-hydroxylation sites is 1. The van der Waals surface area contributed by atoms with E-state index in [2.05, 4.69) is 5.10 Å². The van der Waals surface area contributed by atoms with Gasteiger partial charge in [-0.25, -0.2) is 26.3 Å². The molecule has 2 aliphatic rings. The fraction of sp³-hybridized carbons (Fsp3) is 0.273. The van der Waals surface area contributed by atoms with E-state index in [1.165, 1.54) is 27.3 Å². The molecule has 0 radical (unpaired) electrons. The van der Waals surface area contributed by atoms with Crippen LogP contribution < -0.4 is 20.1 Å². The van der Waals surface area contributed by atoms with Crippen LogP contribution in [0.3, 0.4) is 0 Å². The topological polar surface area (TPSA) is 120 Å². The van der Waals surface area contributed by atoms with Crippen LogP contribution in [0.5, 0.6) is 17.2 Å². The maximum absolute atomic E-state index is 14.1. The Balaban J connectivity index is 1.22. The van der Waals surface area contributed by atoms with Crippen molar-refractivity contribution in [1.82, 2.24) is 14.1 Å². The highest BCUT2D eigenvalue weighted by atomic mass is 32.2. The zero-order chi connectivity index (χ0) is 33.5. The van der Waals surface area contributed by atoms with Crippen molar-refractivity contribution in [3.8, 4) is 22.9 Å². The first-order valence-electron chi connectivity index (χ1n) is 14.8. The van der Waals surface area contributed by atoms with Crippen LogP contribution in [0.25, 0.3) is 11.8 Å². The monoisotopic (exact) mass is 667 g/mol. The minimum absolute atomic E-state index is 0.0892. The van der Waals surface area contributed by atoms with Gasteiger partial charge in [0, 0.05) is 38.2 Å². The predicted octanol–water partition coefficient (Wildman–Crippen LogP) is 5.24. The zero-order valence-corrected chi connectivity index (χ0v) is 26.4. The van der Waals surface area contributed by atoms with E-state index in [9.17, 15) is 26.4 Å². The summed E-state index contributed by atoms with van der Waals surface area (Å²) in [5.41, 5.74) is 10.4. The molecule has 0 saturated carbocycles. The number of nitrogen functional groups attached to an aromatic ring is 1. The Bertz CT molecular complexity index is 1990. The molecule has 6 rings (SSSR count). The Morgan fingerprint density at radius 3 is 2.45 bits per heavy atom. The molecule has 0 spiro atoms. The molecule has 0 bridgehead atoms. The molecule has 1 aliphatic carbocycles. The average Bonchev–Trinajstić information content (AvgIpc) is 3.63. The third kappa shape index (κ3) is 6.69. The van der Waals surface area contributed by atoms with Crippen molar-refractivity contribution >= 4 is 33.4 Å². The maximum atomic E-state index is 14.1. The number of sulfonamides is 1. The van der Waals surface area contributed by atoms with E-state index >= 15 is 0 Å². The first-order chi connectivity index (χ1) is 22.4. The Hall–Kier alpha value is -4.82. The molecular formula is C33H32F3N5O5S. The highest BCUT2D eigenvalue weighted by molar-refractivity contribution is 7.88. The summed E-state index contributed by atoms with van der Waals surface area (Å²) in [6.07, 6.45) is 1.82. The number of hydrogen-bond donors (Lipinski definition) is 1. The summed E-state index contributed by atoms with van der Waals surface area (Å²) in [6.45, 7) is 2.19. The molecule has 2 N–H and O–H groups in total. The molecule has 4 aromatic rings. The summed E-state index contributed by atoms with van der Waals surface area (Å²) < 4.78 is 78.2. The van der Waals surface area contributed by atoms with Gasteiger partial charge in [-0.1, -0.05) is 12.1 Å². The lowest BCUT2D eigenvalue weighted by Gasteiger charge is -2.35. The van der Waals surface area contributed by atoms with Crippen LogP contribution in [-0.2, 0) is 16.4 Å². The number of hydrogen-bond acceptors (Lipinski definition) is 8. The number of nitrogens with two attached hydrogens (primary N) is 1. The van der Waals surface area contributed by atoms with Crippen LogP contribution in [0.2, 0.25) is 0 Å². The van der Waals surface area contributed by atoms with Crippen molar-refractivity contribution in [2.75, 3.05) is 49.7 Å². The number of allylic oxidation sites excluding steroid dienone is 1. The van der Waals surface area contributed by atoms with Crippen LogP contribution in [0.1, 0.15) is 27.0 Å². The lowest BCUT2D eigenvalue weighted by Crippen LogP contribution is -2.48. The van der Waals surface area contributed by atoms with E-state index in [0.29, 0.717) is 41.4 Å². The van der Waals surface area contributed by atoms with Gasteiger partial charge in [-0.3, -0.25) is 4.79 Å². The van der Waals surface area contributed by atoms with Gasteiger partial charge in [0.25, 0.3) is 6.43 Å². The molecule has 246 valence electrons. The van der Waals surface area contributed by atoms with Gasteiger partial charge in [0.2, 0.25) is 10.0 Å². The molecule has 1 aromatic heterocycles. The van der Waals surface area contributed by atoms with Gasteiger partial charge in [-0.2, -0.15) is 9.40 Å². The largest absolute Gasteiger partial charge is 0.485 e. The highest BCUT2D eigenvalue weighted by Crippen LogP contribution is 2.39. The van der Waals surface area contributed by atoms with Crippen molar-refractivity contribution in [3.05, 3.63) is 94.4 Å². The number of fused-ring (bicyclic) bond motifs is 1. The number of benzene rings is 3. The number of ketones is 1.